The van der Waals surface area contributed by atoms with Crippen molar-refractivity contribution >= 4 is 5.82 Å². The Morgan fingerprint density at radius 2 is 2.17 bits per heavy atom. The molecule has 5 heteroatoms. The highest BCUT2D eigenvalue weighted by Gasteiger charge is 2.33. The monoisotopic (exact) mass is 246 g/mol. The summed E-state index contributed by atoms with van der Waals surface area (Å²) in [5.74, 6) is 1.14. The molecule has 5 nitrogen and oxygen atoms in total. The van der Waals surface area contributed by atoms with E-state index in [4.69, 9.17) is 0 Å². The molecule has 2 atom stereocenters. The van der Waals surface area contributed by atoms with Gasteiger partial charge in [0, 0.05) is 37.7 Å². The Balaban J connectivity index is 2.02. The van der Waals surface area contributed by atoms with Crippen molar-refractivity contribution in [3.63, 3.8) is 0 Å². The quantitative estimate of drug-likeness (QED) is 0.748. The van der Waals surface area contributed by atoms with Crippen LogP contribution in [0.5, 0.6) is 0 Å². The number of rotatable bonds is 2. The van der Waals surface area contributed by atoms with Crippen LogP contribution in [0.25, 0.3) is 0 Å². The highest BCUT2D eigenvalue weighted by Crippen LogP contribution is 2.43. The van der Waals surface area contributed by atoms with Crippen molar-refractivity contribution in [2.24, 2.45) is 0 Å². The van der Waals surface area contributed by atoms with Gasteiger partial charge in [-0.1, -0.05) is 6.08 Å². The summed E-state index contributed by atoms with van der Waals surface area (Å²) in [5, 5.41) is 13.4. The predicted octanol–water partition coefficient (Wildman–Crippen LogP) is 0.593. The molecule has 1 aliphatic carbocycles. The zero-order valence-corrected chi connectivity index (χ0v) is 10.3. The van der Waals surface area contributed by atoms with Crippen molar-refractivity contribution < 1.29 is 5.11 Å². The molecule has 1 aromatic heterocycles. The molecule has 0 amide bonds. The fraction of sp³-hybridized carbons (Fsp3) is 0.538. The van der Waals surface area contributed by atoms with E-state index in [0.717, 1.165) is 43.3 Å². The molecule has 0 radical (unpaired) electrons. The SMILES string of the molecule is C=CC1CC(O)c2ncnc(N3CCNCC3)c21. The van der Waals surface area contributed by atoms with Crippen LogP contribution >= 0.6 is 0 Å². The first kappa shape index (κ1) is 11.6. The minimum atomic E-state index is -0.479. The standard InChI is InChI=1S/C13H18N4O/c1-2-9-7-10(18)12-11(9)13(16-8-15-12)17-5-3-14-4-6-17/h2,8-10,14,18H,1,3-7H2. The lowest BCUT2D eigenvalue weighted by Gasteiger charge is -2.30. The van der Waals surface area contributed by atoms with Crippen molar-refractivity contribution in [2.75, 3.05) is 31.1 Å². The topological polar surface area (TPSA) is 61.3 Å². The summed E-state index contributed by atoms with van der Waals surface area (Å²) >= 11 is 0. The van der Waals surface area contributed by atoms with Gasteiger partial charge in [-0.3, -0.25) is 0 Å². The Labute approximate surface area is 107 Å². The summed E-state index contributed by atoms with van der Waals surface area (Å²) in [6.45, 7) is 7.70. The second-order valence-corrected chi connectivity index (χ2v) is 4.83. The van der Waals surface area contributed by atoms with E-state index in [1.807, 2.05) is 6.08 Å². The van der Waals surface area contributed by atoms with Crippen molar-refractivity contribution in [1.82, 2.24) is 15.3 Å². The molecule has 1 aromatic rings. The van der Waals surface area contributed by atoms with E-state index in [2.05, 4.69) is 26.8 Å². The van der Waals surface area contributed by atoms with Crippen molar-refractivity contribution in [1.29, 1.82) is 0 Å². The van der Waals surface area contributed by atoms with E-state index < -0.39 is 6.10 Å². The minimum Gasteiger partial charge on any atom is -0.387 e. The maximum Gasteiger partial charge on any atom is 0.136 e. The van der Waals surface area contributed by atoms with E-state index in [9.17, 15) is 5.11 Å². The van der Waals surface area contributed by atoms with Crippen LogP contribution in [-0.4, -0.2) is 41.3 Å². The number of aromatic nitrogens is 2. The average Bonchev–Trinajstić information content (AvgIpc) is 2.77. The largest absolute Gasteiger partial charge is 0.387 e. The number of nitrogens with zero attached hydrogens (tertiary/aromatic N) is 3. The molecular weight excluding hydrogens is 228 g/mol. The molecule has 0 bridgehead atoms. The first-order valence-electron chi connectivity index (χ1n) is 6.42. The number of nitrogens with one attached hydrogen (secondary N) is 1. The Hall–Kier alpha value is -1.46. The first-order chi connectivity index (χ1) is 8.81. The number of hydrogen-bond acceptors (Lipinski definition) is 5. The molecule has 0 spiro atoms. The maximum absolute atomic E-state index is 10.0. The van der Waals surface area contributed by atoms with Gasteiger partial charge in [0.1, 0.15) is 12.1 Å². The van der Waals surface area contributed by atoms with Crippen molar-refractivity contribution in [3.05, 3.63) is 30.2 Å². The number of fused-ring (bicyclic) bond motifs is 1. The van der Waals surface area contributed by atoms with Gasteiger partial charge in [0.05, 0.1) is 11.8 Å². The van der Waals surface area contributed by atoms with Crippen molar-refractivity contribution in [3.8, 4) is 0 Å². The van der Waals surface area contributed by atoms with E-state index >= 15 is 0 Å². The molecule has 1 aliphatic heterocycles. The Morgan fingerprint density at radius 1 is 1.39 bits per heavy atom. The summed E-state index contributed by atoms with van der Waals surface area (Å²) in [7, 11) is 0. The third-order valence-electron chi connectivity index (χ3n) is 3.76. The van der Waals surface area contributed by atoms with Gasteiger partial charge >= 0.3 is 0 Å². The molecule has 1 fully saturated rings. The number of hydrogen-bond donors (Lipinski definition) is 2. The summed E-state index contributed by atoms with van der Waals surface area (Å²) < 4.78 is 0. The Morgan fingerprint density at radius 3 is 2.89 bits per heavy atom. The zero-order valence-electron chi connectivity index (χ0n) is 10.3. The van der Waals surface area contributed by atoms with E-state index in [1.165, 1.54) is 0 Å². The molecule has 96 valence electrons. The lowest BCUT2D eigenvalue weighted by atomic mass is 10.0. The highest BCUT2D eigenvalue weighted by molar-refractivity contribution is 5.55. The number of aliphatic hydroxyl groups is 1. The van der Waals surface area contributed by atoms with Crippen molar-refractivity contribution in [2.45, 2.75) is 18.4 Å². The van der Waals surface area contributed by atoms with Gasteiger partial charge in [0.15, 0.2) is 0 Å². The third kappa shape index (κ3) is 1.79. The molecule has 0 aromatic carbocycles. The van der Waals surface area contributed by atoms with Gasteiger partial charge in [0.25, 0.3) is 0 Å². The Kier molecular flexibility index (Phi) is 3.01. The lowest BCUT2D eigenvalue weighted by molar-refractivity contribution is 0.172. The molecule has 18 heavy (non-hydrogen) atoms. The molecule has 1 saturated heterocycles. The van der Waals surface area contributed by atoms with Crippen LogP contribution < -0.4 is 10.2 Å². The molecular formula is C13H18N4O. The van der Waals surface area contributed by atoms with E-state index in [-0.39, 0.29) is 5.92 Å². The van der Waals surface area contributed by atoms with Gasteiger partial charge in [-0.15, -0.1) is 6.58 Å². The van der Waals surface area contributed by atoms with Gasteiger partial charge in [-0.05, 0) is 6.42 Å². The fourth-order valence-corrected chi connectivity index (χ4v) is 2.83. The number of anilines is 1. The summed E-state index contributed by atoms with van der Waals surface area (Å²) in [6.07, 6.45) is 3.65. The molecule has 0 saturated carbocycles. The summed E-state index contributed by atoms with van der Waals surface area (Å²) in [6, 6.07) is 0. The zero-order chi connectivity index (χ0) is 12.5. The second-order valence-electron chi connectivity index (χ2n) is 4.83. The van der Waals surface area contributed by atoms with Crippen LogP contribution in [0.3, 0.4) is 0 Å². The van der Waals surface area contributed by atoms with Gasteiger partial charge < -0.3 is 15.3 Å². The van der Waals surface area contributed by atoms with Gasteiger partial charge in [-0.2, -0.15) is 0 Å². The van der Waals surface area contributed by atoms with Crippen LogP contribution in [0.1, 0.15) is 29.7 Å². The molecule has 3 rings (SSSR count). The fourth-order valence-electron chi connectivity index (χ4n) is 2.83. The smallest absolute Gasteiger partial charge is 0.136 e. The maximum atomic E-state index is 10.0. The normalized spacial score (nSPS) is 27.1. The molecule has 2 aliphatic rings. The number of allylic oxidation sites excluding steroid dienone is 1. The third-order valence-corrected chi connectivity index (χ3v) is 3.76. The van der Waals surface area contributed by atoms with Crippen LogP contribution in [0.15, 0.2) is 19.0 Å². The summed E-state index contributed by atoms with van der Waals surface area (Å²) in [5.41, 5.74) is 1.85. The summed E-state index contributed by atoms with van der Waals surface area (Å²) in [4.78, 5) is 10.9. The molecule has 2 unspecified atom stereocenters. The highest BCUT2D eigenvalue weighted by atomic mass is 16.3. The van der Waals surface area contributed by atoms with Crippen LogP contribution in [0.2, 0.25) is 0 Å². The van der Waals surface area contributed by atoms with E-state index in [1.54, 1.807) is 6.33 Å². The van der Waals surface area contributed by atoms with E-state index in [0.29, 0.717) is 6.42 Å². The molecule has 2 N–H and O–H groups in total. The number of aliphatic hydroxyl groups excluding tert-OH is 1. The average molecular weight is 246 g/mol. The van der Waals surface area contributed by atoms with Crippen LogP contribution in [0, 0.1) is 0 Å². The Bertz CT molecular complexity index is 456. The van der Waals surface area contributed by atoms with Crippen LogP contribution in [0.4, 0.5) is 5.82 Å². The first-order valence-corrected chi connectivity index (χ1v) is 6.42. The predicted molar refractivity (Wildman–Crippen MR) is 69.6 cm³/mol. The lowest BCUT2D eigenvalue weighted by Crippen LogP contribution is -2.44. The minimum absolute atomic E-state index is 0.168. The molecule has 2 heterocycles. The van der Waals surface area contributed by atoms with Gasteiger partial charge in [-0.25, -0.2) is 9.97 Å². The van der Waals surface area contributed by atoms with Gasteiger partial charge in [0.2, 0.25) is 0 Å². The number of piperazine rings is 1. The van der Waals surface area contributed by atoms with Crippen LogP contribution in [-0.2, 0) is 0 Å². The second kappa shape index (κ2) is 4.66.